The maximum Gasteiger partial charge on any atom is 0.258 e. The average Bonchev–Trinajstić information content (AvgIpc) is 3.24. The van der Waals surface area contributed by atoms with Gasteiger partial charge in [-0.25, -0.2) is 9.67 Å². The maximum absolute atomic E-state index is 12.2. The summed E-state index contributed by atoms with van der Waals surface area (Å²) in [5, 5.41) is 7.35. The minimum atomic E-state index is -0.164. The number of carbonyl (C=O) groups is 2. The van der Waals surface area contributed by atoms with Crippen molar-refractivity contribution in [2.75, 3.05) is 18.1 Å². The zero-order chi connectivity index (χ0) is 18.8. The van der Waals surface area contributed by atoms with E-state index in [1.54, 1.807) is 11.0 Å². The minimum absolute atomic E-state index is 0.0308. The fourth-order valence-corrected chi connectivity index (χ4v) is 3.63. The largest absolute Gasteiger partial charge is 0.484 e. The number of nitrogens with zero attached hydrogens (tertiary/aromatic N) is 4. The van der Waals surface area contributed by atoms with Crippen LogP contribution in [0.3, 0.4) is 0 Å². The van der Waals surface area contributed by atoms with E-state index in [9.17, 15) is 9.59 Å². The van der Waals surface area contributed by atoms with Crippen molar-refractivity contribution >= 4 is 17.5 Å². The van der Waals surface area contributed by atoms with Gasteiger partial charge in [0.05, 0.1) is 6.54 Å². The van der Waals surface area contributed by atoms with Crippen LogP contribution in [-0.2, 0) is 22.6 Å². The van der Waals surface area contributed by atoms with Crippen LogP contribution in [0.2, 0.25) is 0 Å². The molecule has 1 saturated heterocycles. The van der Waals surface area contributed by atoms with E-state index in [0.717, 1.165) is 43.1 Å². The molecule has 1 N–H and O–H groups in total. The predicted molar refractivity (Wildman–Crippen MR) is 98.5 cm³/mol. The van der Waals surface area contributed by atoms with Gasteiger partial charge >= 0.3 is 0 Å². The Morgan fingerprint density at radius 1 is 1.37 bits per heavy atom. The number of rotatable bonds is 5. The van der Waals surface area contributed by atoms with E-state index >= 15 is 0 Å². The van der Waals surface area contributed by atoms with Gasteiger partial charge in [-0.3, -0.25) is 9.59 Å². The number of hydrogen-bond acceptors (Lipinski definition) is 5. The second kappa shape index (κ2) is 7.38. The van der Waals surface area contributed by atoms with Crippen molar-refractivity contribution in [1.29, 1.82) is 0 Å². The summed E-state index contributed by atoms with van der Waals surface area (Å²) < 4.78 is 7.50. The molecule has 1 aromatic heterocycles. The number of hydrogen-bond donors (Lipinski definition) is 1. The molecule has 2 aromatic rings. The standard InChI is InChI=1S/C19H23N5O3/c1-13-20-17-8-7-14(11-24(17)22-13)21-18(25)12-27-16-5-2-4-15(10-16)23-9-3-6-19(23)26/h2,4-5,10,14H,3,6-9,11-12H2,1H3,(H,21,25). The molecule has 0 radical (unpaired) electrons. The van der Waals surface area contributed by atoms with Crippen LogP contribution in [0.25, 0.3) is 0 Å². The van der Waals surface area contributed by atoms with Gasteiger partial charge in [0.15, 0.2) is 6.61 Å². The predicted octanol–water partition coefficient (Wildman–Crippen LogP) is 1.22. The fourth-order valence-electron chi connectivity index (χ4n) is 3.63. The summed E-state index contributed by atoms with van der Waals surface area (Å²) in [6, 6.07) is 7.35. The molecule has 0 bridgehead atoms. The van der Waals surface area contributed by atoms with Gasteiger partial charge in [0.2, 0.25) is 5.91 Å². The summed E-state index contributed by atoms with van der Waals surface area (Å²) >= 11 is 0. The van der Waals surface area contributed by atoms with Gasteiger partial charge < -0.3 is 15.0 Å². The smallest absolute Gasteiger partial charge is 0.258 e. The van der Waals surface area contributed by atoms with Crippen molar-refractivity contribution in [3.05, 3.63) is 35.9 Å². The minimum Gasteiger partial charge on any atom is -0.484 e. The molecule has 2 aliphatic rings. The first-order chi connectivity index (χ1) is 13.1. The molecule has 3 heterocycles. The second-order valence-corrected chi connectivity index (χ2v) is 7.00. The Morgan fingerprint density at radius 3 is 3.07 bits per heavy atom. The SMILES string of the molecule is Cc1nc2n(n1)CC(NC(=O)COc1cccc(N3CCCC3=O)c1)CC2. The molecule has 142 valence electrons. The third-order valence-electron chi connectivity index (χ3n) is 4.90. The van der Waals surface area contributed by atoms with Gasteiger partial charge in [-0.2, -0.15) is 5.10 Å². The molecule has 8 nitrogen and oxygen atoms in total. The Kier molecular flexibility index (Phi) is 4.79. The molecule has 1 fully saturated rings. The summed E-state index contributed by atoms with van der Waals surface area (Å²) in [5.41, 5.74) is 0.816. The van der Waals surface area contributed by atoms with Gasteiger partial charge in [-0.15, -0.1) is 0 Å². The zero-order valence-corrected chi connectivity index (χ0v) is 15.4. The number of amides is 2. The van der Waals surface area contributed by atoms with Crippen LogP contribution in [0.1, 0.15) is 30.9 Å². The molecule has 0 spiro atoms. The first kappa shape index (κ1) is 17.5. The fraction of sp³-hybridized carbons (Fsp3) is 0.474. The summed E-state index contributed by atoms with van der Waals surface area (Å²) in [4.78, 5) is 30.3. The second-order valence-electron chi connectivity index (χ2n) is 7.00. The number of nitrogens with one attached hydrogen (secondary N) is 1. The van der Waals surface area contributed by atoms with Crippen LogP contribution in [0.4, 0.5) is 5.69 Å². The molecule has 1 unspecified atom stereocenters. The highest BCUT2D eigenvalue weighted by Crippen LogP contribution is 2.25. The van der Waals surface area contributed by atoms with E-state index in [-0.39, 0.29) is 24.5 Å². The number of ether oxygens (including phenoxy) is 1. The van der Waals surface area contributed by atoms with Crippen molar-refractivity contribution < 1.29 is 14.3 Å². The average molecular weight is 369 g/mol. The van der Waals surface area contributed by atoms with E-state index < -0.39 is 0 Å². The monoisotopic (exact) mass is 369 g/mol. The first-order valence-corrected chi connectivity index (χ1v) is 9.31. The number of anilines is 1. The number of carbonyl (C=O) groups excluding carboxylic acids is 2. The Bertz CT molecular complexity index is 863. The van der Waals surface area contributed by atoms with E-state index in [1.807, 2.05) is 29.8 Å². The highest BCUT2D eigenvalue weighted by atomic mass is 16.5. The van der Waals surface area contributed by atoms with Gasteiger partial charge in [-0.05, 0) is 31.9 Å². The Morgan fingerprint density at radius 2 is 2.26 bits per heavy atom. The molecule has 2 aliphatic heterocycles. The van der Waals surface area contributed by atoms with Crippen molar-refractivity contribution in [2.45, 2.75) is 45.2 Å². The number of benzene rings is 1. The molecule has 0 aliphatic carbocycles. The molecule has 27 heavy (non-hydrogen) atoms. The van der Waals surface area contributed by atoms with Crippen molar-refractivity contribution in [3.8, 4) is 5.75 Å². The van der Waals surface area contributed by atoms with Crippen LogP contribution >= 0.6 is 0 Å². The maximum atomic E-state index is 12.2. The molecule has 8 heteroatoms. The first-order valence-electron chi connectivity index (χ1n) is 9.31. The van der Waals surface area contributed by atoms with E-state index in [0.29, 0.717) is 18.7 Å². The zero-order valence-electron chi connectivity index (χ0n) is 15.4. The molecule has 1 aromatic carbocycles. The van der Waals surface area contributed by atoms with E-state index in [2.05, 4.69) is 15.4 Å². The highest BCUT2D eigenvalue weighted by Gasteiger charge is 2.23. The number of aryl methyl sites for hydroxylation is 2. The van der Waals surface area contributed by atoms with Crippen LogP contribution < -0.4 is 15.0 Å². The van der Waals surface area contributed by atoms with Crippen LogP contribution in [0.15, 0.2) is 24.3 Å². The number of aromatic nitrogens is 3. The molecule has 1 atom stereocenters. The lowest BCUT2D eigenvalue weighted by molar-refractivity contribution is -0.124. The van der Waals surface area contributed by atoms with Crippen molar-refractivity contribution in [2.24, 2.45) is 0 Å². The molecule has 4 rings (SSSR count). The van der Waals surface area contributed by atoms with Crippen molar-refractivity contribution in [3.63, 3.8) is 0 Å². The lowest BCUT2D eigenvalue weighted by Gasteiger charge is -2.23. The summed E-state index contributed by atoms with van der Waals surface area (Å²) in [6.07, 6.45) is 3.11. The number of fused-ring (bicyclic) bond motifs is 1. The topological polar surface area (TPSA) is 89.3 Å². The third kappa shape index (κ3) is 3.94. The Labute approximate surface area is 157 Å². The van der Waals surface area contributed by atoms with Crippen LogP contribution in [0, 0.1) is 6.92 Å². The lowest BCUT2D eigenvalue weighted by Crippen LogP contribution is -2.43. The highest BCUT2D eigenvalue weighted by molar-refractivity contribution is 5.95. The molecule has 2 amide bonds. The molecular formula is C19H23N5O3. The van der Waals surface area contributed by atoms with Gasteiger partial charge in [0, 0.05) is 37.2 Å². The van der Waals surface area contributed by atoms with Crippen LogP contribution in [0.5, 0.6) is 5.75 Å². The van der Waals surface area contributed by atoms with E-state index in [1.165, 1.54) is 0 Å². The summed E-state index contributed by atoms with van der Waals surface area (Å²) in [5.74, 6) is 2.28. The van der Waals surface area contributed by atoms with Gasteiger partial charge in [-0.1, -0.05) is 6.07 Å². The van der Waals surface area contributed by atoms with Gasteiger partial charge in [0.1, 0.15) is 17.4 Å². The summed E-state index contributed by atoms with van der Waals surface area (Å²) in [6.45, 7) is 3.18. The Balaban J connectivity index is 1.30. The quantitative estimate of drug-likeness (QED) is 0.856. The third-order valence-corrected chi connectivity index (χ3v) is 4.90. The van der Waals surface area contributed by atoms with Crippen LogP contribution in [-0.4, -0.2) is 45.8 Å². The lowest BCUT2D eigenvalue weighted by atomic mass is 10.1. The van der Waals surface area contributed by atoms with E-state index in [4.69, 9.17) is 4.74 Å². The van der Waals surface area contributed by atoms with Gasteiger partial charge in [0.25, 0.3) is 5.91 Å². The Hall–Kier alpha value is -2.90. The van der Waals surface area contributed by atoms with Crippen molar-refractivity contribution in [1.82, 2.24) is 20.1 Å². The normalized spacial score (nSPS) is 19.1. The molecule has 0 saturated carbocycles. The summed E-state index contributed by atoms with van der Waals surface area (Å²) in [7, 11) is 0. The molecular weight excluding hydrogens is 346 g/mol.